The van der Waals surface area contributed by atoms with Crippen molar-refractivity contribution < 1.29 is 14.3 Å². The smallest absolute Gasteiger partial charge is 0.310 e. The van der Waals surface area contributed by atoms with Crippen LogP contribution in [0.3, 0.4) is 0 Å². The molecule has 3 aromatic rings. The minimum atomic E-state index is -0.395. The first-order chi connectivity index (χ1) is 15.1. The number of piperidine rings is 1. The molecule has 1 saturated heterocycles. The number of carbonyl (C=O) groups excluding carboxylic acids is 2. The van der Waals surface area contributed by atoms with Crippen LogP contribution in [-0.4, -0.2) is 44.9 Å². The molecule has 0 saturated carbocycles. The summed E-state index contributed by atoms with van der Waals surface area (Å²) in [6, 6.07) is 16.5. The lowest BCUT2D eigenvalue weighted by Crippen LogP contribution is -2.40. The van der Waals surface area contributed by atoms with Gasteiger partial charge in [-0.25, -0.2) is 0 Å². The van der Waals surface area contributed by atoms with Gasteiger partial charge >= 0.3 is 5.97 Å². The van der Waals surface area contributed by atoms with E-state index in [1.165, 1.54) is 0 Å². The van der Waals surface area contributed by atoms with E-state index in [0.717, 1.165) is 10.2 Å². The monoisotopic (exact) mass is 418 g/mol. The van der Waals surface area contributed by atoms with Gasteiger partial charge in [0.15, 0.2) is 6.73 Å². The summed E-state index contributed by atoms with van der Waals surface area (Å²) in [5.74, 6) is -0.784. The molecule has 1 aliphatic heterocycles. The average Bonchev–Trinajstić information content (AvgIpc) is 2.83. The zero-order valence-corrected chi connectivity index (χ0v) is 16.9. The number of nitrogens with zero attached hydrogens (tertiary/aromatic N) is 4. The first-order valence-electron chi connectivity index (χ1n) is 10.1. The van der Waals surface area contributed by atoms with Crippen LogP contribution in [0.4, 0.5) is 0 Å². The number of benzene rings is 2. The molecule has 1 amide bonds. The fourth-order valence-corrected chi connectivity index (χ4v) is 3.52. The summed E-state index contributed by atoms with van der Waals surface area (Å²) in [6.07, 6.45) is 4.37. The Balaban J connectivity index is 1.29. The Morgan fingerprint density at radius 2 is 1.74 bits per heavy atom. The lowest BCUT2D eigenvalue weighted by molar-refractivity contribution is -0.155. The molecular formula is C23H22N4O4. The Hall–Kier alpha value is -3.81. The summed E-state index contributed by atoms with van der Waals surface area (Å²) >= 11 is 0. The number of hydrogen-bond acceptors (Lipinski definition) is 6. The van der Waals surface area contributed by atoms with Gasteiger partial charge in [0.1, 0.15) is 5.52 Å². The topological polar surface area (TPSA) is 94.4 Å². The van der Waals surface area contributed by atoms with Crippen LogP contribution in [-0.2, 0) is 21.1 Å². The van der Waals surface area contributed by atoms with Gasteiger partial charge in [0, 0.05) is 19.2 Å². The molecule has 8 heteroatoms. The van der Waals surface area contributed by atoms with Crippen molar-refractivity contribution in [1.82, 2.24) is 19.9 Å². The van der Waals surface area contributed by atoms with E-state index in [9.17, 15) is 14.4 Å². The second-order valence-corrected chi connectivity index (χ2v) is 7.35. The van der Waals surface area contributed by atoms with Gasteiger partial charge < -0.3 is 9.64 Å². The summed E-state index contributed by atoms with van der Waals surface area (Å²) in [7, 11) is 0. The van der Waals surface area contributed by atoms with Gasteiger partial charge in [-0.2, -0.15) is 4.68 Å². The van der Waals surface area contributed by atoms with Gasteiger partial charge in [-0.1, -0.05) is 47.7 Å². The summed E-state index contributed by atoms with van der Waals surface area (Å²) in [5.41, 5.74) is 1.10. The van der Waals surface area contributed by atoms with Crippen molar-refractivity contribution in [2.45, 2.75) is 19.6 Å². The van der Waals surface area contributed by atoms with E-state index < -0.39 is 5.97 Å². The van der Waals surface area contributed by atoms with Crippen LogP contribution in [0.25, 0.3) is 17.0 Å². The highest BCUT2D eigenvalue weighted by atomic mass is 16.5. The summed E-state index contributed by atoms with van der Waals surface area (Å²) in [6.45, 7) is 0.676. The third kappa shape index (κ3) is 4.85. The SMILES string of the molecule is O=C(OCn1nnc2ccccc2c1=O)C1CCN(C(=O)/C=C/c2ccccc2)CC1. The molecule has 2 heterocycles. The third-order valence-corrected chi connectivity index (χ3v) is 5.32. The normalized spacial score (nSPS) is 14.8. The first-order valence-corrected chi connectivity index (χ1v) is 10.1. The minimum absolute atomic E-state index is 0.0753. The van der Waals surface area contributed by atoms with Crippen molar-refractivity contribution in [3.8, 4) is 0 Å². The Morgan fingerprint density at radius 1 is 1.03 bits per heavy atom. The molecule has 2 aromatic carbocycles. The van der Waals surface area contributed by atoms with Crippen molar-refractivity contribution in [3.05, 3.63) is 76.6 Å². The Bertz CT molecular complexity index is 1160. The van der Waals surface area contributed by atoms with Crippen molar-refractivity contribution in [2.24, 2.45) is 5.92 Å². The van der Waals surface area contributed by atoms with Crippen LogP contribution >= 0.6 is 0 Å². The second-order valence-electron chi connectivity index (χ2n) is 7.35. The quantitative estimate of drug-likeness (QED) is 0.466. The van der Waals surface area contributed by atoms with Gasteiger partial charge in [-0.05, 0) is 36.6 Å². The molecular weight excluding hydrogens is 396 g/mol. The zero-order chi connectivity index (χ0) is 21.6. The molecule has 0 unspecified atom stereocenters. The lowest BCUT2D eigenvalue weighted by Gasteiger charge is -2.30. The van der Waals surface area contributed by atoms with Gasteiger partial charge in [0.25, 0.3) is 5.56 Å². The van der Waals surface area contributed by atoms with Crippen LogP contribution in [0.15, 0.2) is 65.5 Å². The number of ether oxygens (including phenoxy) is 1. The number of hydrogen-bond donors (Lipinski definition) is 0. The van der Waals surface area contributed by atoms with Crippen molar-refractivity contribution >= 4 is 28.9 Å². The predicted octanol–water partition coefficient (Wildman–Crippen LogP) is 2.24. The van der Waals surface area contributed by atoms with Crippen LogP contribution in [0.2, 0.25) is 0 Å². The van der Waals surface area contributed by atoms with Crippen molar-refractivity contribution in [2.75, 3.05) is 13.1 Å². The number of carbonyl (C=O) groups is 2. The van der Waals surface area contributed by atoms with Crippen LogP contribution in [0.5, 0.6) is 0 Å². The molecule has 158 valence electrons. The van der Waals surface area contributed by atoms with E-state index in [2.05, 4.69) is 10.3 Å². The first kappa shape index (κ1) is 20.5. The largest absolute Gasteiger partial charge is 0.442 e. The molecule has 1 fully saturated rings. The number of amides is 1. The average molecular weight is 418 g/mol. The number of aromatic nitrogens is 3. The molecule has 0 aliphatic carbocycles. The van der Waals surface area contributed by atoms with Gasteiger partial charge in [-0.3, -0.25) is 14.4 Å². The van der Waals surface area contributed by atoms with Crippen LogP contribution in [0, 0.1) is 5.92 Å². The van der Waals surface area contributed by atoms with E-state index in [1.54, 1.807) is 41.3 Å². The minimum Gasteiger partial charge on any atom is -0.442 e. The molecule has 0 bridgehead atoms. The standard InChI is InChI=1S/C23H22N4O4/c28-21(11-10-17-6-2-1-3-7-17)26-14-12-18(13-15-26)23(30)31-16-27-22(29)19-8-4-5-9-20(19)24-25-27/h1-11,18H,12-16H2/b11-10+. The highest BCUT2D eigenvalue weighted by Crippen LogP contribution is 2.19. The number of esters is 1. The Labute approximate surface area is 178 Å². The maximum Gasteiger partial charge on any atom is 0.310 e. The maximum absolute atomic E-state index is 12.4. The van der Waals surface area contributed by atoms with Crippen molar-refractivity contribution in [1.29, 1.82) is 0 Å². The molecule has 0 N–H and O–H groups in total. The van der Waals surface area contributed by atoms with Crippen molar-refractivity contribution in [3.63, 3.8) is 0 Å². The lowest BCUT2D eigenvalue weighted by atomic mass is 9.97. The third-order valence-electron chi connectivity index (χ3n) is 5.32. The predicted molar refractivity (Wildman–Crippen MR) is 115 cm³/mol. The van der Waals surface area contributed by atoms with E-state index in [1.807, 2.05) is 30.3 Å². The number of likely N-dealkylation sites (tertiary alicyclic amines) is 1. The molecule has 4 rings (SSSR count). The second kappa shape index (κ2) is 9.34. The number of fused-ring (bicyclic) bond motifs is 1. The van der Waals surface area contributed by atoms with E-state index in [-0.39, 0.29) is 24.1 Å². The summed E-state index contributed by atoms with van der Waals surface area (Å²) in [5, 5.41) is 8.21. The van der Waals surface area contributed by atoms with E-state index in [0.29, 0.717) is 36.8 Å². The highest BCUT2D eigenvalue weighted by molar-refractivity contribution is 5.92. The summed E-state index contributed by atoms with van der Waals surface area (Å²) in [4.78, 5) is 38.9. The molecule has 0 radical (unpaired) electrons. The molecule has 1 aliphatic rings. The van der Waals surface area contributed by atoms with Gasteiger partial charge in [-0.15, -0.1) is 5.10 Å². The summed E-state index contributed by atoms with van der Waals surface area (Å²) < 4.78 is 6.34. The van der Waals surface area contributed by atoms with Gasteiger partial charge in [0.05, 0.1) is 11.3 Å². The highest BCUT2D eigenvalue weighted by Gasteiger charge is 2.27. The number of rotatable bonds is 5. The van der Waals surface area contributed by atoms with Crippen LogP contribution in [0.1, 0.15) is 18.4 Å². The van der Waals surface area contributed by atoms with Crippen LogP contribution < -0.4 is 5.56 Å². The molecule has 8 nitrogen and oxygen atoms in total. The zero-order valence-electron chi connectivity index (χ0n) is 16.9. The molecule has 31 heavy (non-hydrogen) atoms. The fraction of sp³-hybridized carbons (Fsp3) is 0.261. The molecule has 1 aromatic heterocycles. The van der Waals surface area contributed by atoms with E-state index >= 15 is 0 Å². The van der Waals surface area contributed by atoms with E-state index in [4.69, 9.17) is 4.74 Å². The van der Waals surface area contributed by atoms with Gasteiger partial charge in [0.2, 0.25) is 5.91 Å². The molecule has 0 atom stereocenters. The Kier molecular flexibility index (Phi) is 6.16. The Morgan fingerprint density at radius 3 is 2.52 bits per heavy atom. The molecule has 0 spiro atoms. The maximum atomic E-state index is 12.4. The fourth-order valence-electron chi connectivity index (χ4n) is 3.52.